The summed E-state index contributed by atoms with van der Waals surface area (Å²) in [6, 6.07) is 12.9. The van der Waals surface area contributed by atoms with Crippen LogP contribution < -0.4 is 0 Å². The molecule has 0 aliphatic rings. The summed E-state index contributed by atoms with van der Waals surface area (Å²) < 4.78 is 16.6. The lowest BCUT2D eigenvalue weighted by atomic mass is 10.1. The molecule has 0 fully saturated rings. The van der Waals surface area contributed by atoms with Crippen LogP contribution in [-0.2, 0) is 13.2 Å². The van der Waals surface area contributed by atoms with Gasteiger partial charge in [0.25, 0.3) is 0 Å². The van der Waals surface area contributed by atoms with Crippen molar-refractivity contribution in [2.75, 3.05) is 0 Å². The summed E-state index contributed by atoms with van der Waals surface area (Å²) in [5.41, 5.74) is 2.49. The van der Waals surface area contributed by atoms with Crippen LogP contribution in [0.15, 0.2) is 53.1 Å². The Labute approximate surface area is 124 Å². The van der Waals surface area contributed by atoms with Crippen molar-refractivity contribution in [1.29, 1.82) is 0 Å². The third kappa shape index (κ3) is 2.49. The van der Waals surface area contributed by atoms with Crippen molar-refractivity contribution in [3.63, 3.8) is 0 Å². The minimum absolute atomic E-state index is 0.00770. The minimum Gasteiger partial charge on any atom is -0.392 e. The average molecular weight is 334 g/mol. The molecule has 3 rings (SSSR count). The van der Waals surface area contributed by atoms with Crippen molar-refractivity contribution in [2.24, 2.45) is 0 Å². The highest BCUT2D eigenvalue weighted by molar-refractivity contribution is 9.10. The molecule has 2 nitrogen and oxygen atoms in total. The van der Waals surface area contributed by atoms with Gasteiger partial charge in [-0.25, -0.2) is 4.39 Å². The molecule has 0 saturated heterocycles. The number of hydrogen-bond acceptors (Lipinski definition) is 1. The number of aliphatic hydroxyl groups excluding tert-OH is 1. The number of fused-ring (bicyclic) bond motifs is 1. The Morgan fingerprint density at radius 3 is 2.70 bits per heavy atom. The standard InChI is InChI=1S/C16H13BrFNO/c17-14-4-3-13(15(18)8-14)9-19-6-5-12-2-1-11(10-20)7-16(12)19/h1-8,20H,9-10H2. The van der Waals surface area contributed by atoms with Gasteiger partial charge in [0.1, 0.15) is 5.82 Å². The van der Waals surface area contributed by atoms with Crippen molar-refractivity contribution in [3.05, 3.63) is 70.1 Å². The Kier molecular flexibility index (Phi) is 3.59. The van der Waals surface area contributed by atoms with E-state index in [4.69, 9.17) is 0 Å². The van der Waals surface area contributed by atoms with Crippen LogP contribution in [0.3, 0.4) is 0 Å². The van der Waals surface area contributed by atoms with E-state index in [1.807, 2.05) is 41.1 Å². The summed E-state index contributed by atoms with van der Waals surface area (Å²) in [7, 11) is 0. The lowest BCUT2D eigenvalue weighted by Crippen LogP contribution is -2.00. The minimum atomic E-state index is -0.223. The molecule has 0 radical (unpaired) electrons. The summed E-state index contributed by atoms with van der Waals surface area (Å²) in [5.74, 6) is -0.223. The Hall–Kier alpha value is -1.65. The molecule has 1 aromatic heterocycles. The highest BCUT2D eigenvalue weighted by atomic mass is 79.9. The van der Waals surface area contributed by atoms with Gasteiger partial charge in [-0.1, -0.05) is 34.1 Å². The highest BCUT2D eigenvalue weighted by Gasteiger charge is 2.07. The zero-order valence-corrected chi connectivity index (χ0v) is 12.3. The average Bonchev–Trinajstić information content (AvgIpc) is 2.84. The molecule has 1 heterocycles. The summed E-state index contributed by atoms with van der Waals surface area (Å²) in [5, 5.41) is 10.3. The number of aliphatic hydroxyl groups is 1. The first kappa shape index (κ1) is 13.3. The molecule has 20 heavy (non-hydrogen) atoms. The first-order chi connectivity index (χ1) is 9.67. The van der Waals surface area contributed by atoms with E-state index < -0.39 is 0 Å². The molecule has 0 amide bonds. The molecule has 0 spiro atoms. The lowest BCUT2D eigenvalue weighted by Gasteiger charge is -2.08. The van der Waals surface area contributed by atoms with Crippen LogP contribution in [0.1, 0.15) is 11.1 Å². The molecule has 0 atom stereocenters. The Morgan fingerprint density at radius 2 is 1.95 bits per heavy atom. The van der Waals surface area contributed by atoms with Gasteiger partial charge >= 0.3 is 0 Å². The van der Waals surface area contributed by atoms with E-state index in [2.05, 4.69) is 15.9 Å². The summed E-state index contributed by atoms with van der Waals surface area (Å²) in [6.45, 7) is 0.477. The SMILES string of the molecule is OCc1ccc2ccn(Cc3ccc(Br)cc3F)c2c1. The monoisotopic (exact) mass is 333 g/mol. The number of halogens is 2. The maximum absolute atomic E-state index is 13.9. The largest absolute Gasteiger partial charge is 0.392 e. The van der Waals surface area contributed by atoms with Crippen molar-refractivity contribution in [3.8, 4) is 0 Å². The van der Waals surface area contributed by atoms with Gasteiger partial charge in [0.2, 0.25) is 0 Å². The number of nitrogens with zero attached hydrogens (tertiary/aromatic N) is 1. The van der Waals surface area contributed by atoms with Gasteiger partial charge in [0, 0.05) is 21.7 Å². The summed E-state index contributed by atoms with van der Waals surface area (Å²) in [6.07, 6.45) is 1.94. The molecular weight excluding hydrogens is 321 g/mol. The van der Waals surface area contributed by atoms with Crippen LogP contribution >= 0.6 is 15.9 Å². The molecule has 4 heteroatoms. The zero-order valence-electron chi connectivity index (χ0n) is 10.7. The molecule has 2 aromatic carbocycles. The van der Waals surface area contributed by atoms with Gasteiger partial charge in [-0.3, -0.25) is 0 Å². The molecule has 3 aromatic rings. The number of rotatable bonds is 3. The predicted octanol–water partition coefficient (Wildman–Crippen LogP) is 4.08. The second-order valence-electron chi connectivity index (χ2n) is 4.73. The molecule has 0 aliphatic heterocycles. The smallest absolute Gasteiger partial charge is 0.129 e. The second kappa shape index (κ2) is 5.38. The fraction of sp³-hybridized carbons (Fsp3) is 0.125. The van der Waals surface area contributed by atoms with E-state index in [1.54, 1.807) is 6.07 Å². The second-order valence-corrected chi connectivity index (χ2v) is 5.65. The summed E-state index contributed by atoms with van der Waals surface area (Å²) >= 11 is 3.26. The Bertz CT molecular complexity index is 766. The van der Waals surface area contributed by atoms with E-state index in [0.29, 0.717) is 12.1 Å². The molecule has 0 saturated carbocycles. The lowest BCUT2D eigenvalue weighted by molar-refractivity contribution is 0.282. The van der Waals surface area contributed by atoms with E-state index >= 15 is 0 Å². The maximum atomic E-state index is 13.9. The molecule has 0 bridgehead atoms. The van der Waals surface area contributed by atoms with Crippen LogP contribution in [-0.4, -0.2) is 9.67 Å². The van der Waals surface area contributed by atoms with E-state index in [9.17, 15) is 9.50 Å². The molecular formula is C16H13BrFNO. The zero-order chi connectivity index (χ0) is 14.1. The number of benzene rings is 2. The molecule has 0 aliphatic carbocycles. The van der Waals surface area contributed by atoms with Crippen LogP contribution in [0, 0.1) is 5.82 Å². The van der Waals surface area contributed by atoms with Gasteiger partial charge in [-0.2, -0.15) is 0 Å². The summed E-state index contributed by atoms with van der Waals surface area (Å²) in [4.78, 5) is 0. The number of hydrogen-bond donors (Lipinski definition) is 1. The molecule has 102 valence electrons. The van der Waals surface area contributed by atoms with E-state index in [0.717, 1.165) is 20.9 Å². The van der Waals surface area contributed by atoms with Crippen molar-refractivity contribution < 1.29 is 9.50 Å². The Balaban J connectivity index is 2.01. The van der Waals surface area contributed by atoms with Gasteiger partial charge in [-0.05, 0) is 35.2 Å². The van der Waals surface area contributed by atoms with Gasteiger partial charge in [0.15, 0.2) is 0 Å². The topological polar surface area (TPSA) is 25.2 Å². The number of aromatic nitrogens is 1. The quantitative estimate of drug-likeness (QED) is 0.767. The fourth-order valence-electron chi connectivity index (χ4n) is 2.30. The first-order valence-corrected chi connectivity index (χ1v) is 7.09. The first-order valence-electron chi connectivity index (χ1n) is 6.30. The van der Waals surface area contributed by atoms with Gasteiger partial charge in [-0.15, -0.1) is 0 Å². The third-order valence-electron chi connectivity index (χ3n) is 3.38. The predicted molar refractivity (Wildman–Crippen MR) is 81.1 cm³/mol. The van der Waals surface area contributed by atoms with Crippen LogP contribution in [0.2, 0.25) is 0 Å². The Morgan fingerprint density at radius 1 is 1.10 bits per heavy atom. The highest BCUT2D eigenvalue weighted by Crippen LogP contribution is 2.21. The van der Waals surface area contributed by atoms with E-state index in [1.165, 1.54) is 6.07 Å². The van der Waals surface area contributed by atoms with Crippen molar-refractivity contribution in [2.45, 2.75) is 13.2 Å². The van der Waals surface area contributed by atoms with Crippen LogP contribution in [0.25, 0.3) is 10.9 Å². The van der Waals surface area contributed by atoms with Crippen LogP contribution in [0.4, 0.5) is 4.39 Å². The van der Waals surface area contributed by atoms with Gasteiger partial charge < -0.3 is 9.67 Å². The van der Waals surface area contributed by atoms with Crippen molar-refractivity contribution in [1.82, 2.24) is 4.57 Å². The van der Waals surface area contributed by atoms with Crippen molar-refractivity contribution >= 4 is 26.8 Å². The van der Waals surface area contributed by atoms with Crippen LogP contribution in [0.5, 0.6) is 0 Å². The van der Waals surface area contributed by atoms with E-state index in [-0.39, 0.29) is 12.4 Å². The maximum Gasteiger partial charge on any atom is 0.129 e. The normalized spacial score (nSPS) is 11.2. The molecule has 0 unspecified atom stereocenters. The molecule has 1 N–H and O–H groups in total. The van der Waals surface area contributed by atoms with Gasteiger partial charge in [0.05, 0.1) is 13.2 Å². The third-order valence-corrected chi connectivity index (χ3v) is 3.87. The fourth-order valence-corrected chi connectivity index (χ4v) is 2.63.